The predicted octanol–water partition coefficient (Wildman–Crippen LogP) is 2.09. The van der Waals surface area contributed by atoms with Crippen LogP contribution in [0.2, 0.25) is 18.1 Å². The van der Waals surface area contributed by atoms with E-state index in [0.29, 0.717) is 6.29 Å². The third-order valence-corrected chi connectivity index (χ3v) is 8.60. The standard InChI is InChI=1S/C14H28O5Si/c1-13(2,3)20(6,7)17-9-10(16)12-11(8-15)18-14(4,5)19-12/h8,10-12,16H,9H2,1-7H3/t10-,11-,12+/m1/s1. The molecule has 118 valence electrons. The van der Waals surface area contributed by atoms with E-state index in [1.165, 1.54) is 0 Å². The summed E-state index contributed by atoms with van der Waals surface area (Å²) in [7, 11) is -1.93. The SMILES string of the molecule is CC1(C)O[C@@H]([C@H](O)CO[Si](C)(C)C(C)(C)C)[C@@H](C=O)O1. The Kier molecular flexibility index (Phi) is 5.20. The molecular formula is C14H28O5Si. The Labute approximate surface area is 122 Å². The number of hydrogen-bond acceptors (Lipinski definition) is 5. The van der Waals surface area contributed by atoms with Crippen LogP contribution in [0.15, 0.2) is 0 Å². The van der Waals surface area contributed by atoms with Gasteiger partial charge in [-0.15, -0.1) is 0 Å². The third kappa shape index (κ3) is 4.11. The lowest BCUT2D eigenvalue weighted by Gasteiger charge is -2.37. The van der Waals surface area contributed by atoms with Gasteiger partial charge in [0, 0.05) is 0 Å². The van der Waals surface area contributed by atoms with E-state index in [-0.39, 0.29) is 11.6 Å². The van der Waals surface area contributed by atoms with E-state index < -0.39 is 32.4 Å². The van der Waals surface area contributed by atoms with Gasteiger partial charge in [-0.05, 0) is 32.0 Å². The second-order valence-corrected chi connectivity index (χ2v) is 12.1. The molecule has 0 aliphatic carbocycles. The van der Waals surface area contributed by atoms with Crippen molar-refractivity contribution in [3.8, 4) is 0 Å². The lowest BCUT2D eigenvalue weighted by atomic mass is 10.1. The Morgan fingerprint density at radius 2 is 1.90 bits per heavy atom. The molecule has 3 atom stereocenters. The van der Waals surface area contributed by atoms with Gasteiger partial charge in [-0.25, -0.2) is 0 Å². The second-order valence-electron chi connectivity index (χ2n) is 7.34. The lowest BCUT2D eigenvalue weighted by molar-refractivity contribution is -0.158. The average Bonchev–Trinajstić information content (AvgIpc) is 2.60. The molecule has 1 aliphatic heterocycles. The summed E-state index contributed by atoms with van der Waals surface area (Å²) in [6, 6.07) is 0. The number of rotatable bonds is 5. The van der Waals surface area contributed by atoms with Gasteiger partial charge in [-0.1, -0.05) is 20.8 Å². The Morgan fingerprint density at radius 1 is 1.35 bits per heavy atom. The Hall–Kier alpha value is -0.273. The van der Waals surface area contributed by atoms with Crippen LogP contribution in [0.5, 0.6) is 0 Å². The highest BCUT2D eigenvalue weighted by molar-refractivity contribution is 6.74. The number of aldehydes is 1. The molecule has 0 unspecified atom stereocenters. The van der Waals surface area contributed by atoms with E-state index >= 15 is 0 Å². The van der Waals surface area contributed by atoms with E-state index in [9.17, 15) is 9.90 Å². The molecule has 1 N–H and O–H groups in total. The fraction of sp³-hybridized carbons (Fsp3) is 0.929. The molecule has 0 bridgehead atoms. The zero-order chi connectivity index (χ0) is 15.8. The topological polar surface area (TPSA) is 65.0 Å². The van der Waals surface area contributed by atoms with E-state index in [1.807, 2.05) is 0 Å². The molecule has 5 nitrogen and oxygen atoms in total. The molecule has 1 aliphatic rings. The van der Waals surface area contributed by atoms with Crippen LogP contribution in [0.25, 0.3) is 0 Å². The van der Waals surface area contributed by atoms with Crippen LogP contribution >= 0.6 is 0 Å². The lowest BCUT2D eigenvalue weighted by Crippen LogP contribution is -2.46. The monoisotopic (exact) mass is 304 g/mol. The molecule has 6 heteroatoms. The Bertz CT molecular complexity index is 348. The number of aliphatic hydroxyl groups is 1. The number of ether oxygens (including phenoxy) is 2. The molecule has 0 radical (unpaired) electrons. The maximum absolute atomic E-state index is 11.0. The highest BCUT2D eigenvalue weighted by atomic mass is 28.4. The van der Waals surface area contributed by atoms with E-state index in [4.69, 9.17) is 13.9 Å². The summed E-state index contributed by atoms with van der Waals surface area (Å²) < 4.78 is 17.0. The van der Waals surface area contributed by atoms with Gasteiger partial charge in [0.1, 0.15) is 18.3 Å². The minimum absolute atomic E-state index is 0.0725. The zero-order valence-corrected chi connectivity index (χ0v) is 14.6. The summed E-state index contributed by atoms with van der Waals surface area (Å²) in [5.41, 5.74) is 0. The molecule has 0 aromatic heterocycles. The van der Waals surface area contributed by atoms with Crippen molar-refractivity contribution in [1.82, 2.24) is 0 Å². The minimum atomic E-state index is -1.93. The minimum Gasteiger partial charge on any atom is -0.414 e. The van der Waals surface area contributed by atoms with Gasteiger partial charge < -0.3 is 23.8 Å². The maximum atomic E-state index is 11.0. The molecule has 0 spiro atoms. The molecule has 0 aromatic carbocycles. The number of hydrogen-bond donors (Lipinski definition) is 1. The molecule has 1 saturated heterocycles. The van der Waals surface area contributed by atoms with Gasteiger partial charge in [0.25, 0.3) is 0 Å². The predicted molar refractivity (Wildman–Crippen MR) is 79.0 cm³/mol. The van der Waals surface area contributed by atoms with Crippen molar-refractivity contribution in [3.63, 3.8) is 0 Å². The van der Waals surface area contributed by atoms with Crippen molar-refractivity contribution in [3.05, 3.63) is 0 Å². The van der Waals surface area contributed by atoms with Crippen molar-refractivity contribution < 1.29 is 23.8 Å². The Balaban J connectivity index is 2.63. The van der Waals surface area contributed by atoms with Crippen molar-refractivity contribution in [2.45, 2.75) is 76.8 Å². The smallest absolute Gasteiger partial charge is 0.192 e. The first kappa shape index (κ1) is 17.8. The number of aliphatic hydroxyl groups excluding tert-OH is 1. The van der Waals surface area contributed by atoms with Crippen LogP contribution in [0.1, 0.15) is 34.6 Å². The molecule has 1 rings (SSSR count). The third-order valence-electron chi connectivity index (χ3n) is 4.10. The zero-order valence-electron chi connectivity index (χ0n) is 13.6. The van der Waals surface area contributed by atoms with Crippen LogP contribution in [-0.2, 0) is 18.7 Å². The average molecular weight is 304 g/mol. The van der Waals surface area contributed by atoms with Gasteiger partial charge >= 0.3 is 0 Å². The highest BCUT2D eigenvalue weighted by Gasteiger charge is 2.46. The van der Waals surface area contributed by atoms with Gasteiger partial charge in [0.2, 0.25) is 0 Å². The summed E-state index contributed by atoms with van der Waals surface area (Å²) in [6.07, 6.45) is -1.62. The van der Waals surface area contributed by atoms with Gasteiger partial charge in [-0.3, -0.25) is 0 Å². The quantitative estimate of drug-likeness (QED) is 0.622. The Morgan fingerprint density at radius 3 is 2.35 bits per heavy atom. The van der Waals surface area contributed by atoms with Crippen molar-refractivity contribution >= 4 is 14.6 Å². The first-order valence-corrected chi connectivity index (χ1v) is 9.93. The maximum Gasteiger partial charge on any atom is 0.192 e. The van der Waals surface area contributed by atoms with Crippen molar-refractivity contribution in [2.24, 2.45) is 0 Å². The molecule has 20 heavy (non-hydrogen) atoms. The molecule has 0 aromatic rings. The van der Waals surface area contributed by atoms with Crippen LogP contribution in [0.3, 0.4) is 0 Å². The summed E-state index contributed by atoms with van der Waals surface area (Å²) >= 11 is 0. The highest BCUT2D eigenvalue weighted by Crippen LogP contribution is 2.37. The largest absolute Gasteiger partial charge is 0.414 e. The van der Waals surface area contributed by atoms with E-state index in [0.717, 1.165) is 0 Å². The second kappa shape index (κ2) is 5.85. The summed E-state index contributed by atoms with van der Waals surface area (Å²) in [4.78, 5) is 11.0. The van der Waals surface area contributed by atoms with Crippen molar-refractivity contribution in [2.75, 3.05) is 6.61 Å². The molecule has 0 amide bonds. The van der Waals surface area contributed by atoms with Gasteiger partial charge in [0.05, 0.1) is 6.61 Å². The van der Waals surface area contributed by atoms with Crippen LogP contribution in [-0.4, -0.2) is 50.4 Å². The normalized spacial score (nSPS) is 28.4. The molecule has 0 saturated carbocycles. The summed E-state index contributed by atoms with van der Waals surface area (Å²) in [5, 5.41) is 10.3. The van der Waals surface area contributed by atoms with Crippen molar-refractivity contribution in [1.29, 1.82) is 0 Å². The van der Waals surface area contributed by atoms with Gasteiger partial charge in [-0.2, -0.15) is 0 Å². The van der Waals surface area contributed by atoms with E-state index in [2.05, 4.69) is 33.9 Å². The fourth-order valence-electron chi connectivity index (χ4n) is 1.83. The van der Waals surface area contributed by atoms with E-state index in [1.54, 1.807) is 13.8 Å². The van der Waals surface area contributed by atoms with Crippen LogP contribution in [0, 0.1) is 0 Å². The molecular weight excluding hydrogens is 276 g/mol. The fourth-order valence-corrected chi connectivity index (χ4v) is 2.85. The van der Waals surface area contributed by atoms with Gasteiger partial charge in [0.15, 0.2) is 20.4 Å². The first-order valence-electron chi connectivity index (χ1n) is 7.02. The summed E-state index contributed by atoms with van der Waals surface area (Å²) in [6.45, 7) is 14.3. The number of carbonyl (C=O) groups excluding carboxylic acids is 1. The summed E-state index contributed by atoms with van der Waals surface area (Å²) in [5.74, 6) is -0.853. The molecule has 1 fully saturated rings. The van der Waals surface area contributed by atoms with Crippen LogP contribution in [0.4, 0.5) is 0 Å². The molecule has 1 heterocycles. The first-order chi connectivity index (χ1) is 8.89. The number of carbonyl (C=O) groups is 1. The van der Waals surface area contributed by atoms with Crippen LogP contribution < -0.4 is 0 Å².